The minimum absolute atomic E-state index is 0.0217. The van der Waals surface area contributed by atoms with Crippen LogP contribution in [0.15, 0.2) is 12.1 Å². The van der Waals surface area contributed by atoms with Crippen LogP contribution in [0.25, 0.3) is 5.57 Å². The number of fused-ring (bicyclic) bond motifs is 1. The Morgan fingerprint density at radius 2 is 1.88 bits per heavy atom. The maximum Gasteiger partial charge on any atom is 0.187 e. The van der Waals surface area contributed by atoms with E-state index in [1.54, 1.807) is 6.08 Å². The third-order valence-corrected chi connectivity index (χ3v) is 3.42. The second-order valence-electron chi connectivity index (χ2n) is 4.89. The molecule has 0 heterocycles. The van der Waals surface area contributed by atoms with Crippen molar-refractivity contribution in [3.63, 3.8) is 0 Å². The molecule has 0 aromatic heterocycles. The van der Waals surface area contributed by atoms with Gasteiger partial charge in [-0.1, -0.05) is 13.8 Å². The molecule has 1 aromatic carbocycles. The van der Waals surface area contributed by atoms with Crippen LogP contribution in [0.1, 0.15) is 64.1 Å². The lowest BCUT2D eigenvalue weighted by Crippen LogP contribution is -2.06. The summed E-state index contributed by atoms with van der Waals surface area (Å²) >= 11 is 0. The number of hydrogen-bond donors (Lipinski definition) is 0. The second-order valence-corrected chi connectivity index (χ2v) is 4.89. The predicted molar refractivity (Wildman–Crippen MR) is 68.6 cm³/mol. The van der Waals surface area contributed by atoms with Gasteiger partial charge in [0.15, 0.2) is 12.1 Å². The third-order valence-electron chi connectivity index (χ3n) is 3.42. The fourth-order valence-corrected chi connectivity index (χ4v) is 2.47. The quantitative estimate of drug-likeness (QED) is 0.726. The van der Waals surface area contributed by atoms with Gasteiger partial charge in [0.2, 0.25) is 0 Å². The number of hydrogen-bond acceptors (Lipinski definition) is 2. The first kappa shape index (κ1) is 11.8. The molecule has 0 unspecified atom stereocenters. The number of rotatable bonds is 2. The van der Waals surface area contributed by atoms with Gasteiger partial charge in [-0.15, -0.1) is 0 Å². The number of allylic oxidation sites excluding steroid dienone is 2. The molecule has 2 heteroatoms. The lowest BCUT2D eigenvalue weighted by Gasteiger charge is -2.15. The van der Waals surface area contributed by atoms with Crippen LogP contribution in [0.2, 0.25) is 0 Å². The molecule has 1 aromatic rings. The average molecular weight is 228 g/mol. The zero-order valence-electron chi connectivity index (χ0n) is 10.6. The van der Waals surface area contributed by atoms with Crippen LogP contribution in [-0.2, 0) is 0 Å². The molecule has 0 N–H and O–H groups in total. The lowest BCUT2D eigenvalue weighted by atomic mass is 9.88. The normalized spacial score (nSPS) is 13.9. The van der Waals surface area contributed by atoms with Crippen molar-refractivity contribution < 1.29 is 9.59 Å². The van der Waals surface area contributed by atoms with Gasteiger partial charge in [-0.3, -0.25) is 9.59 Å². The number of benzene rings is 1. The highest BCUT2D eigenvalue weighted by molar-refractivity contribution is 6.18. The Bertz CT molecular complexity index is 549. The maximum absolute atomic E-state index is 11.9. The molecule has 1 aliphatic rings. The van der Waals surface area contributed by atoms with E-state index in [2.05, 4.69) is 13.8 Å². The van der Waals surface area contributed by atoms with Gasteiger partial charge in [0.25, 0.3) is 0 Å². The minimum Gasteiger partial charge on any atom is -0.298 e. The largest absolute Gasteiger partial charge is 0.298 e. The zero-order valence-corrected chi connectivity index (χ0v) is 10.6. The molecule has 0 aliphatic heterocycles. The Morgan fingerprint density at radius 3 is 2.41 bits per heavy atom. The van der Waals surface area contributed by atoms with Crippen molar-refractivity contribution in [2.45, 2.75) is 33.6 Å². The van der Waals surface area contributed by atoms with Crippen molar-refractivity contribution in [2.24, 2.45) is 0 Å². The molecule has 0 fully saturated rings. The summed E-state index contributed by atoms with van der Waals surface area (Å²) in [4.78, 5) is 23.1. The van der Waals surface area contributed by atoms with Gasteiger partial charge in [0, 0.05) is 11.1 Å². The van der Waals surface area contributed by atoms with E-state index in [9.17, 15) is 9.59 Å². The fraction of sp³-hybridized carbons (Fsp3) is 0.333. The first-order valence-corrected chi connectivity index (χ1v) is 5.83. The zero-order chi connectivity index (χ0) is 12.7. The van der Waals surface area contributed by atoms with Crippen molar-refractivity contribution in [2.75, 3.05) is 0 Å². The Labute approximate surface area is 101 Å². The van der Waals surface area contributed by atoms with E-state index in [1.165, 1.54) is 0 Å². The van der Waals surface area contributed by atoms with E-state index in [1.807, 2.05) is 19.9 Å². The molecule has 0 spiro atoms. The molecule has 1 aliphatic carbocycles. The second kappa shape index (κ2) is 3.95. The van der Waals surface area contributed by atoms with E-state index < -0.39 is 0 Å². The van der Waals surface area contributed by atoms with E-state index >= 15 is 0 Å². The van der Waals surface area contributed by atoms with Crippen LogP contribution in [-0.4, -0.2) is 12.1 Å². The lowest BCUT2D eigenvalue weighted by molar-refractivity contribution is 0.104. The summed E-state index contributed by atoms with van der Waals surface area (Å²) in [5, 5.41) is 0. The number of carbonyl (C=O) groups is 2. The van der Waals surface area contributed by atoms with Crippen LogP contribution in [0.3, 0.4) is 0 Å². The molecule has 17 heavy (non-hydrogen) atoms. The first-order chi connectivity index (χ1) is 7.97. The molecule has 0 radical (unpaired) electrons. The summed E-state index contributed by atoms with van der Waals surface area (Å²) < 4.78 is 0. The Morgan fingerprint density at radius 1 is 1.24 bits per heavy atom. The molecule has 0 saturated heterocycles. The highest BCUT2D eigenvalue weighted by Crippen LogP contribution is 2.35. The van der Waals surface area contributed by atoms with Gasteiger partial charge >= 0.3 is 0 Å². The van der Waals surface area contributed by atoms with E-state index in [0.717, 1.165) is 28.5 Å². The number of ketones is 1. The number of carbonyl (C=O) groups excluding carboxylic acids is 2. The van der Waals surface area contributed by atoms with Crippen molar-refractivity contribution in [1.82, 2.24) is 0 Å². The van der Waals surface area contributed by atoms with Crippen LogP contribution in [0.5, 0.6) is 0 Å². The minimum atomic E-state index is 0.0217. The summed E-state index contributed by atoms with van der Waals surface area (Å²) in [7, 11) is 0. The first-order valence-electron chi connectivity index (χ1n) is 5.83. The summed E-state index contributed by atoms with van der Waals surface area (Å²) in [6.45, 7) is 7.92. The standard InChI is InChI=1S/C15H16O2/c1-8(2)11-6-12-9(3)5-14(17)15(12)10(4)13(11)7-16/h5-8H,1-4H3. The van der Waals surface area contributed by atoms with Crippen LogP contribution >= 0.6 is 0 Å². The van der Waals surface area contributed by atoms with Gasteiger partial charge in [0.05, 0.1) is 0 Å². The van der Waals surface area contributed by atoms with Gasteiger partial charge in [-0.2, -0.15) is 0 Å². The molecular formula is C15H16O2. The molecule has 2 nitrogen and oxygen atoms in total. The summed E-state index contributed by atoms with van der Waals surface area (Å²) in [6, 6.07) is 1.99. The molecule has 88 valence electrons. The van der Waals surface area contributed by atoms with Gasteiger partial charge < -0.3 is 0 Å². The van der Waals surface area contributed by atoms with Crippen molar-refractivity contribution >= 4 is 17.6 Å². The molecule has 0 amide bonds. The van der Waals surface area contributed by atoms with Gasteiger partial charge in [0.1, 0.15) is 0 Å². The Balaban J connectivity index is 2.81. The monoisotopic (exact) mass is 228 g/mol. The van der Waals surface area contributed by atoms with Crippen LogP contribution in [0.4, 0.5) is 0 Å². The SMILES string of the molecule is CC1=CC(=O)c2c1cc(C(C)C)c(C=O)c2C. The summed E-state index contributed by atoms with van der Waals surface area (Å²) in [5.74, 6) is 0.302. The van der Waals surface area contributed by atoms with E-state index in [4.69, 9.17) is 0 Å². The molecule has 0 atom stereocenters. The number of aldehydes is 1. The van der Waals surface area contributed by atoms with Crippen molar-refractivity contribution in [3.05, 3.63) is 40.0 Å². The molecular weight excluding hydrogens is 212 g/mol. The molecule has 0 bridgehead atoms. The Kier molecular flexibility index (Phi) is 2.74. The van der Waals surface area contributed by atoms with Crippen molar-refractivity contribution in [3.8, 4) is 0 Å². The predicted octanol–water partition coefficient (Wildman–Crippen LogP) is 3.53. The summed E-state index contributed by atoms with van der Waals surface area (Å²) in [6.07, 6.45) is 2.52. The van der Waals surface area contributed by atoms with Crippen molar-refractivity contribution in [1.29, 1.82) is 0 Å². The Hall–Kier alpha value is -1.70. The third kappa shape index (κ3) is 1.64. The maximum atomic E-state index is 11.9. The highest BCUT2D eigenvalue weighted by atomic mass is 16.1. The van der Waals surface area contributed by atoms with Crippen LogP contribution in [0, 0.1) is 6.92 Å². The smallest absolute Gasteiger partial charge is 0.187 e. The fourth-order valence-electron chi connectivity index (χ4n) is 2.47. The summed E-state index contributed by atoms with van der Waals surface area (Å²) in [5.41, 5.74) is 5.21. The van der Waals surface area contributed by atoms with E-state index in [0.29, 0.717) is 11.1 Å². The average Bonchev–Trinajstić information content (AvgIpc) is 2.54. The molecule has 0 saturated carbocycles. The topological polar surface area (TPSA) is 34.1 Å². The van der Waals surface area contributed by atoms with Gasteiger partial charge in [-0.25, -0.2) is 0 Å². The molecule has 2 rings (SSSR count). The van der Waals surface area contributed by atoms with Gasteiger partial charge in [-0.05, 0) is 54.2 Å². The van der Waals surface area contributed by atoms with Crippen LogP contribution < -0.4 is 0 Å². The highest BCUT2D eigenvalue weighted by Gasteiger charge is 2.25. The van der Waals surface area contributed by atoms with E-state index in [-0.39, 0.29) is 11.7 Å².